The Bertz CT molecular complexity index is 825. The van der Waals surface area contributed by atoms with Crippen molar-refractivity contribution >= 4 is 21.4 Å². The molecule has 1 heterocycles. The van der Waals surface area contributed by atoms with Gasteiger partial charge in [0.15, 0.2) is 0 Å². The smallest absolute Gasteiger partial charge is 0.244 e. The molecule has 0 fully saturated rings. The molecule has 1 aromatic carbocycles. The molecule has 8 heteroatoms. The molecule has 0 aliphatic heterocycles. The SMILES string of the molecule is CCc1ncc(CN(C)S(=O)(=O)c2cccc(F)c2C#N)s1. The molecular formula is C14H14FN3O2S2. The van der Waals surface area contributed by atoms with Gasteiger partial charge in [-0.3, -0.25) is 0 Å². The summed E-state index contributed by atoms with van der Waals surface area (Å²) in [5.41, 5.74) is -0.465. The van der Waals surface area contributed by atoms with E-state index in [4.69, 9.17) is 5.26 Å². The first-order valence-corrected chi connectivity index (χ1v) is 8.74. The number of aromatic nitrogens is 1. The highest BCUT2D eigenvalue weighted by Gasteiger charge is 2.26. The van der Waals surface area contributed by atoms with Gasteiger partial charge in [-0.05, 0) is 18.6 Å². The fourth-order valence-corrected chi connectivity index (χ4v) is 4.18. The monoisotopic (exact) mass is 339 g/mol. The highest BCUT2D eigenvalue weighted by atomic mass is 32.2. The minimum Gasteiger partial charge on any atom is -0.249 e. The summed E-state index contributed by atoms with van der Waals surface area (Å²) < 4.78 is 39.8. The lowest BCUT2D eigenvalue weighted by Gasteiger charge is -2.17. The van der Waals surface area contributed by atoms with Gasteiger partial charge >= 0.3 is 0 Å². The number of nitriles is 1. The summed E-state index contributed by atoms with van der Waals surface area (Å²) in [6, 6.07) is 5.19. The Balaban J connectivity index is 2.34. The van der Waals surface area contributed by atoms with Crippen LogP contribution in [0.25, 0.3) is 0 Å². The number of aryl methyl sites for hydroxylation is 1. The molecule has 0 unspecified atom stereocenters. The van der Waals surface area contributed by atoms with E-state index < -0.39 is 21.4 Å². The van der Waals surface area contributed by atoms with E-state index in [0.717, 1.165) is 26.7 Å². The molecule has 1 aromatic heterocycles. The third-order valence-corrected chi connectivity index (χ3v) is 6.03. The largest absolute Gasteiger partial charge is 0.249 e. The van der Waals surface area contributed by atoms with Crippen molar-refractivity contribution < 1.29 is 12.8 Å². The molecule has 0 N–H and O–H groups in total. The Kier molecular flexibility index (Phi) is 4.90. The maximum Gasteiger partial charge on any atom is 0.244 e. The molecule has 2 aromatic rings. The molecule has 0 atom stereocenters. The minimum atomic E-state index is -3.95. The van der Waals surface area contributed by atoms with Gasteiger partial charge in [0.25, 0.3) is 0 Å². The second-order valence-corrected chi connectivity index (χ2v) is 7.77. The van der Waals surface area contributed by atoms with Crippen LogP contribution < -0.4 is 0 Å². The maximum absolute atomic E-state index is 13.6. The molecule has 0 aliphatic rings. The Hall–Kier alpha value is -1.82. The van der Waals surface area contributed by atoms with Crippen molar-refractivity contribution in [1.29, 1.82) is 5.26 Å². The number of nitrogens with zero attached hydrogens (tertiary/aromatic N) is 3. The normalized spacial score (nSPS) is 11.6. The number of halogens is 1. The molecule has 0 aliphatic carbocycles. The summed E-state index contributed by atoms with van der Waals surface area (Å²) >= 11 is 1.43. The highest BCUT2D eigenvalue weighted by molar-refractivity contribution is 7.89. The Labute approximate surface area is 132 Å². The molecule has 0 amide bonds. The van der Waals surface area contributed by atoms with Crippen molar-refractivity contribution in [2.75, 3.05) is 7.05 Å². The van der Waals surface area contributed by atoms with Crippen molar-refractivity contribution in [3.8, 4) is 6.07 Å². The lowest BCUT2D eigenvalue weighted by molar-refractivity contribution is 0.468. The first-order chi connectivity index (χ1) is 10.4. The molecule has 2 rings (SSSR count). The first kappa shape index (κ1) is 16.5. The number of hydrogen-bond donors (Lipinski definition) is 0. The van der Waals surface area contributed by atoms with Crippen LogP contribution in [0.4, 0.5) is 4.39 Å². The van der Waals surface area contributed by atoms with E-state index in [9.17, 15) is 12.8 Å². The number of sulfonamides is 1. The van der Waals surface area contributed by atoms with Gasteiger partial charge in [0.2, 0.25) is 10.0 Å². The Morgan fingerprint density at radius 3 is 2.77 bits per heavy atom. The van der Waals surface area contributed by atoms with Crippen LogP contribution in [0.2, 0.25) is 0 Å². The number of hydrogen-bond acceptors (Lipinski definition) is 5. The van der Waals surface area contributed by atoms with E-state index in [1.807, 2.05) is 6.92 Å². The lowest BCUT2D eigenvalue weighted by atomic mass is 10.2. The molecule has 22 heavy (non-hydrogen) atoms. The molecular weight excluding hydrogens is 325 g/mol. The van der Waals surface area contributed by atoms with Crippen LogP contribution in [0.15, 0.2) is 29.3 Å². The van der Waals surface area contributed by atoms with Crippen molar-refractivity contribution in [2.24, 2.45) is 0 Å². The number of benzene rings is 1. The summed E-state index contributed by atoms with van der Waals surface area (Å²) in [6.07, 6.45) is 2.41. The fraction of sp³-hybridized carbons (Fsp3) is 0.286. The van der Waals surface area contributed by atoms with E-state index in [1.54, 1.807) is 12.3 Å². The molecule has 0 saturated carbocycles. The second kappa shape index (κ2) is 6.52. The quantitative estimate of drug-likeness (QED) is 0.839. The minimum absolute atomic E-state index is 0.126. The van der Waals surface area contributed by atoms with Crippen molar-refractivity contribution in [3.63, 3.8) is 0 Å². The van der Waals surface area contributed by atoms with Crippen molar-refractivity contribution in [1.82, 2.24) is 9.29 Å². The van der Waals surface area contributed by atoms with Crippen LogP contribution in [0.5, 0.6) is 0 Å². The van der Waals surface area contributed by atoms with Gasteiger partial charge in [-0.15, -0.1) is 11.3 Å². The average Bonchev–Trinajstić information content (AvgIpc) is 2.94. The van der Waals surface area contributed by atoms with Crippen LogP contribution in [0.3, 0.4) is 0 Å². The van der Waals surface area contributed by atoms with Gasteiger partial charge in [-0.25, -0.2) is 17.8 Å². The molecule has 0 bridgehead atoms. The van der Waals surface area contributed by atoms with Gasteiger partial charge in [-0.1, -0.05) is 13.0 Å². The molecule has 0 saturated heterocycles. The van der Waals surface area contributed by atoms with E-state index >= 15 is 0 Å². The summed E-state index contributed by atoms with van der Waals surface area (Å²) in [6.45, 7) is 2.09. The van der Waals surface area contributed by atoms with Crippen LogP contribution >= 0.6 is 11.3 Å². The van der Waals surface area contributed by atoms with Crippen LogP contribution in [-0.2, 0) is 23.0 Å². The third-order valence-electron chi connectivity index (χ3n) is 3.06. The average molecular weight is 339 g/mol. The van der Waals surface area contributed by atoms with E-state index in [0.29, 0.717) is 0 Å². The van der Waals surface area contributed by atoms with Gasteiger partial charge in [0.05, 0.1) is 5.01 Å². The highest BCUT2D eigenvalue weighted by Crippen LogP contribution is 2.24. The van der Waals surface area contributed by atoms with Gasteiger partial charge in [0.1, 0.15) is 22.3 Å². The second-order valence-electron chi connectivity index (χ2n) is 4.56. The van der Waals surface area contributed by atoms with E-state index in [2.05, 4.69) is 4.98 Å². The number of rotatable bonds is 5. The maximum atomic E-state index is 13.6. The van der Waals surface area contributed by atoms with Gasteiger partial charge < -0.3 is 0 Å². The predicted octanol–water partition coefficient (Wildman–Crippen LogP) is 2.54. The van der Waals surface area contributed by atoms with Crippen molar-refractivity contribution in [3.05, 3.63) is 45.7 Å². The summed E-state index contributed by atoms with van der Waals surface area (Å²) in [5, 5.41) is 9.91. The van der Waals surface area contributed by atoms with Gasteiger partial charge in [0, 0.05) is 24.7 Å². The van der Waals surface area contributed by atoms with Crippen LogP contribution in [-0.4, -0.2) is 24.8 Å². The summed E-state index contributed by atoms with van der Waals surface area (Å²) in [4.78, 5) is 4.64. The Morgan fingerprint density at radius 1 is 1.45 bits per heavy atom. The number of thiazole rings is 1. The van der Waals surface area contributed by atoms with E-state index in [1.165, 1.54) is 30.5 Å². The molecule has 0 radical (unpaired) electrons. The fourth-order valence-electron chi connectivity index (χ4n) is 1.88. The predicted molar refractivity (Wildman–Crippen MR) is 81.3 cm³/mol. The topological polar surface area (TPSA) is 74.1 Å². The van der Waals surface area contributed by atoms with Gasteiger partial charge in [-0.2, -0.15) is 9.57 Å². The lowest BCUT2D eigenvalue weighted by Crippen LogP contribution is -2.27. The van der Waals surface area contributed by atoms with Crippen LogP contribution in [0, 0.1) is 17.1 Å². The van der Waals surface area contributed by atoms with Crippen molar-refractivity contribution in [2.45, 2.75) is 24.8 Å². The Morgan fingerprint density at radius 2 is 2.18 bits per heavy atom. The zero-order valence-corrected chi connectivity index (χ0v) is 13.7. The summed E-state index contributed by atoms with van der Waals surface area (Å²) in [5.74, 6) is -0.844. The third kappa shape index (κ3) is 3.16. The standard InChI is InChI=1S/C14H14FN3O2S2/c1-3-14-17-8-10(21-14)9-18(2)22(19,20)13-6-4-5-12(15)11(13)7-16/h4-6,8H,3,9H2,1-2H3. The molecule has 5 nitrogen and oxygen atoms in total. The molecule has 0 spiro atoms. The zero-order chi connectivity index (χ0) is 16.3. The molecule has 116 valence electrons. The van der Waals surface area contributed by atoms with Crippen LogP contribution in [0.1, 0.15) is 22.4 Å². The summed E-state index contributed by atoms with van der Waals surface area (Å²) in [7, 11) is -2.55. The van der Waals surface area contributed by atoms with E-state index in [-0.39, 0.29) is 11.4 Å². The zero-order valence-electron chi connectivity index (χ0n) is 12.1. The first-order valence-electron chi connectivity index (χ1n) is 6.48.